The van der Waals surface area contributed by atoms with Gasteiger partial charge in [0.15, 0.2) is 5.69 Å². The van der Waals surface area contributed by atoms with Gasteiger partial charge in [0.25, 0.3) is 0 Å². The summed E-state index contributed by atoms with van der Waals surface area (Å²) in [6.45, 7) is 0.500. The summed E-state index contributed by atoms with van der Waals surface area (Å²) in [5.74, 6) is -0.508. The lowest BCUT2D eigenvalue weighted by atomic mass is 10.1. The average Bonchev–Trinajstić information content (AvgIpc) is 2.77. The van der Waals surface area contributed by atoms with Gasteiger partial charge in [-0.3, -0.25) is 4.79 Å². The minimum Gasteiger partial charge on any atom is -0.368 e. The molecule has 3 N–H and O–H groups in total. The molecule has 0 bridgehead atoms. The average molecular weight is 368 g/mol. The number of quaternary nitrogens is 1. The molecule has 3 rings (SSSR count). The van der Waals surface area contributed by atoms with Gasteiger partial charge in [0.2, 0.25) is 5.91 Å². The number of hydrogen-bond acceptors (Lipinski definition) is 3. The number of amides is 1. The van der Waals surface area contributed by atoms with Crippen LogP contribution < -0.4 is 10.0 Å². The van der Waals surface area contributed by atoms with Crippen LogP contribution in [-0.2, 0) is 14.8 Å². The van der Waals surface area contributed by atoms with Gasteiger partial charge in [-0.15, -0.1) is 11.6 Å². The van der Waals surface area contributed by atoms with Gasteiger partial charge in [-0.1, -0.05) is 30.7 Å². The summed E-state index contributed by atoms with van der Waals surface area (Å²) < 4.78 is 26.1. The van der Waals surface area contributed by atoms with Crippen molar-refractivity contribution in [1.82, 2.24) is 0 Å². The van der Waals surface area contributed by atoms with Crippen LogP contribution in [0.2, 0.25) is 0 Å². The molecule has 1 aliphatic rings. The lowest BCUT2D eigenvalue weighted by molar-refractivity contribution is -0.688. The van der Waals surface area contributed by atoms with E-state index in [1.165, 1.54) is 0 Å². The second-order valence-corrected chi connectivity index (χ2v) is 8.52. The third kappa shape index (κ3) is 3.01. The van der Waals surface area contributed by atoms with Crippen molar-refractivity contribution in [3.05, 3.63) is 36.4 Å². The molecule has 0 spiro atoms. The number of carbonyl (C=O) groups is 1. The molecular weight excluding hydrogens is 348 g/mol. The van der Waals surface area contributed by atoms with Gasteiger partial charge in [0.1, 0.15) is 10.3 Å². The molecule has 1 amide bonds. The number of rotatable bonds is 7. The number of benzene rings is 2. The van der Waals surface area contributed by atoms with Crippen LogP contribution in [0.4, 0.5) is 5.69 Å². The highest BCUT2D eigenvalue weighted by Crippen LogP contribution is 2.32. The van der Waals surface area contributed by atoms with E-state index in [2.05, 4.69) is 0 Å². The summed E-state index contributed by atoms with van der Waals surface area (Å²) in [7, 11) is -3.40. The predicted octanol–water partition coefficient (Wildman–Crippen LogP) is 1.71. The molecule has 0 saturated carbocycles. The monoisotopic (exact) mass is 367 g/mol. The molecule has 2 atom stereocenters. The molecule has 2 aromatic carbocycles. The van der Waals surface area contributed by atoms with Crippen molar-refractivity contribution < 1.29 is 17.5 Å². The molecule has 128 valence electrons. The number of nitrogens with one attached hydrogen (secondary N) is 1. The van der Waals surface area contributed by atoms with E-state index in [4.69, 9.17) is 17.3 Å². The third-order valence-corrected chi connectivity index (χ3v) is 6.88. The fourth-order valence-electron chi connectivity index (χ4n) is 3.24. The Bertz CT molecular complexity index is 877. The molecular formula is C17H20ClN2O3S+. The fraction of sp³-hybridized carbons (Fsp3) is 0.353. The number of alkyl halides is 1. The SMILES string of the molecule is NC(=O)C(Cl)CCCCC[NH+]1c2cccc3cccc(c23)S1(=O)=O. The molecule has 0 aromatic heterocycles. The zero-order valence-corrected chi connectivity index (χ0v) is 14.7. The number of nitrogens with two attached hydrogens (primary N) is 1. The van der Waals surface area contributed by atoms with E-state index in [9.17, 15) is 13.2 Å². The van der Waals surface area contributed by atoms with Crippen LogP contribution >= 0.6 is 11.6 Å². The van der Waals surface area contributed by atoms with Gasteiger partial charge >= 0.3 is 10.0 Å². The Labute approximate surface area is 146 Å². The van der Waals surface area contributed by atoms with Gasteiger partial charge in [0, 0.05) is 6.07 Å². The standard InChI is InChI=1S/C17H19ClN2O3S/c18-13(17(19)21)8-2-1-3-11-20-14-9-4-6-12-7-5-10-15(16(12)14)24(20,22)23/h4-7,9-10,13H,1-3,8,11H2,(H2,19,21)/p+1. The molecule has 1 aliphatic heterocycles. The topological polar surface area (TPSA) is 81.7 Å². The molecule has 7 heteroatoms. The Morgan fingerprint density at radius 1 is 1.12 bits per heavy atom. The highest BCUT2D eigenvalue weighted by Gasteiger charge is 2.40. The summed E-state index contributed by atoms with van der Waals surface area (Å²) in [6, 6.07) is 11.1. The van der Waals surface area contributed by atoms with Crippen molar-refractivity contribution in [3.8, 4) is 0 Å². The van der Waals surface area contributed by atoms with Gasteiger partial charge in [-0.05, 0) is 30.7 Å². The van der Waals surface area contributed by atoms with Crippen LogP contribution in [0.3, 0.4) is 0 Å². The Morgan fingerprint density at radius 3 is 2.54 bits per heavy atom. The first kappa shape index (κ1) is 17.2. The van der Waals surface area contributed by atoms with Crippen molar-refractivity contribution in [1.29, 1.82) is 0 Å². The Morgan fingerprint density at radius 2 is 1.83 bits per heavy atom. The number of carbonyl (C=O) groups excluding carboxylic acids is 1. The normalized spacial score (nSPS) is 19.5. The first-order valence-corrected chi connectivity index (χ1v) is 9.91. The summed E-state index contributed by atoms with van der Waals surface area (Å²) in [4.78, 5) is 11.3. The highest BCUT2D eigenvalue weighted by molar-refractivity contribution is 7.85. The van der Waals surface area contributed by atoms with E-state index in [1.807, 2.05) is 24.3 Å². The van der Waals surface area contributed by atoms with E-state index in [-0.39, 0.29) is 0 Å². The van der Waals surface area contributed by atoms with Crippen LogP contribution in [0, 0.1) is 0 Å². The number of unbranched alkanes of at least 4 members (excludes halogenated alkanes) is 2. The maximum Gasteiger partial charge on any atom is 0.331 e. The Balaban J connectivity index is 1.70. The quantitative estimate of drug-likeness (QED) is 0.577. The van der Waals surface area contributed by atoms with Crippen molar-refractivity contribution in [2.75, 3.05) is 6.54 Å². The molecule has 0 fully saturated rings. The van der Waals surface area contributed by atoms with Gasteiger partial charge < -0.3 is 5.73 Å². The van der Waals surface area contributed by atoms with E-state index < -0.39 is 21.3 Å². The minimum absolute atomic E-state index is 0.417. The number of sulfonamides is 1. The van der Waals surface area contributed by atoms with Gasteiger partial charge in [0.05, 0.1) is 11.9 Å². The summed E-state index contributed by atoms with van der Waals surface area (Å²) in [6.07, 6.45) is 2.82. The maximum absolute atomic E-state index is 12.8. The van der Waals surface area contributed by atoms with Crippen molar-refractivity contribution in [2.45, 2.75) is 36.0 Å². The predicted molar refractivity (Wildman–Crippen MR) is 93.9 cm³/mol. The van der Waals surface area contributed by atoms with E-state index in [0.29, 0.717) is 22.2 Å². The van der Waals surface area contributed by atoms with Crippen LogP contribution in [0.25, 0.3) is 10.8 Å². The Kier molecular flexibility index (Phi) is 4.80. The molecule has 24 heavy (non-hydrogen) atoms. The fourth-order valence-corrected chi connectivity index (χ4v) is 5.28. The van der Waals surface area contributed by atoms with Gasteiger partial charge in [-0.25, -0.2) is 0 Å². The molecule has 1 heterocycles. The third-order valence-electron chi connectivity index (χ3n) is 4.45. The maximum atomic E-state index is 12.8. The molecule has 5 nitrogen and oxygen atoms in total. The molecule has 0 saturated heterocycles. The van der Waals surface area contributed by atoms with E-state index in [1.54, 1.807) is 12.1 Å². The van der Waals surface area contributed by atoms with Crippen LogP contribution in [0.5, 0.6) is 0 Å². The first-order valence-electron chi connectivity index (χ1n) is 7.99. The minimum atomic E-state index is -3.40. The molecule has 2 aromatic rings. The van der Waals surface area contributed by atoms with Crippen LogP contribution in [-0.4, -0.2) is 26.2 Å². The van der Waals surface area contributed by atoms with Crippen molar-refractivity contribution in [2.24, 2.45) is 5.73 Å². The lowest BCUT2D eigenvalue weighted by Crippen LogP contribution is -3.07. The van der Waals surface area contributed by atoms with E-state index in [0.717, 1.165) is 35.7 Å². The number of hydrogen-bond donors (Lipinski definition) is 2. The second-order valence-electron chi connectivity index (χ2n) is 6.06. The van der Waals surface area contributed by atoms with Crippen LogP contribution in [0.1, 0.15) is 25.7 Å². The van der Waals surface area contributed by atoms with Crippen LogP contribution in [0.15, 0.2) is 41.3 Å². The Hall–Kier alpha value is -1.63. The number of primary amides is 1. The summed E-state index contributed by atoms with van der Waals surface area (Å²) >= 11 is 5.81. The van der Waals surface area contributed by atoms with Crippen molar-refractivity contribution in [3.63, 3.8) is 0 Å². The highest BCUT2D eigenvalue weighted by atomic mass is 35.5. The number of halogens is 1. The lowest BCUT2D eigenvalue weighted by Gasteiger charge is -2.13. The zero-order chi connectivity index (χ0) is 17.3. The molecule has 2 unspecified atom stereocenters. The zero-order valence-electron chi connectivity index (χ0n) is 13.2. The van der Waals surface area contributed by atoms with Gasteiger partial charge in [-0.2, -0.15) is 12.7 Å². The smallest absolute Gasteiger partial charge is 0.331 e. The van der Waals surface area contributed by atoms with Crippen molar-refractivity contribution >= 4 is 44.0 Å². The summed E-state index contributed by atoms with van der Waals surface area (Å²) in [5.41, 5.74) is 5.95. The summed E-state index contributed by atoms with van der Waals surface area (Å²) in [5, 5.41) is 1.14. The molecule has 0 aliphatic carbocycles. The van der Waals surface area contributed by atoms with E-state index >= 15 is 0 Å². The molecule has 0 radical (unpaired) electrons. The second kappa shape index (κ2) is 6.70. The largest absolute Gasteiger partial charge is 0.368 e. The first-order chi connectivity index (χ1) is 11.4.